The molecule has 0 unspecified atom stereocenters. The van der Waals surface area contributed by atoms with Crippen molar-refractivity contribution in [2.75, 3.05) is 18.5 Å². The van der Waals surface area contributed by atoms with Crippen LogP contribution < -0.4 is 0 Å². The highest BCUT2D eigenvalue weighted by Crippen LogP contribution is 2.40. The van der Waals surface area contributed by atoms with E-state index in [4.69, 9.17) is 9.47 Å². The summed E-state index contributed by atoms with van der Waals surface area (Å²) >= 11 is 3.38. The van der Waals surface area contributed by atoms with Gasteiger partial charge in [0.2, 0.25) is 0 Å². The van der Waals surface area contributed by atoms with Crippen LogP contribution >= 0.6 is 15.9 Å². The zero-order valence-electron chi connectivity index (χ0n) is 21.7. The van der Waals surface area contributed by atoms with Crippen LogP contribution in [0.1, 0.15) is 109 Å². The number of unbranched alkanes of at least 4 members (excludes halogenated alkanes) is 11. The molecule has 0 radical (unpaired) electrons. The SMILES string of the molecule is FC(F)(F)C(F)(F)CCCCCCOC(CCCCCCCCBr)OCCCCCCC(F)(F)C(F)(F)F. The Hall–Kier alpha value is -0.300. The predicted octanol–water partition coefficient (Wildman–Crippen LogP) is 10.8. The number of rotatable bonds is 24. The van der Waals surface area contributed by atoms with Crippen molar-refractivity contribution < 1.29 is 53.4 Å². The van der Waals surface area contributed by atoms with Crippen LogP contribution in [0.5, 0.6) is 0 Å². The molecule has 2 nitrogen and oxygen atoms in total. The van der Waals surface area contributed by atoms with Gasteiger partial charge in [-0.1, -0.05) is 67.3 Å². The van der Waals surface area contributed by atoms with E-state index in [0.717, 1.165) is 43.9 Å². The average Bonchev–Trinajstić information content (AvgIpc) is 2.80. The normalized spacial score (nSPS) is 13.6. The summed E-state index contributed by atoms with van der Waals surface area (Å²) in [5.41, 5.74) is 0. The molecule has 0 spiro atoms. The van der Waals surface area contributed by atoms with E-state index in [0.29, 0.717) is 32.1 Å². The molecule has 230 valence electrons. The van der Waals surface area contributed by atoms with Gasteiger partial charge in [-0.3, -0.25) is 0 Å². The molecular weight excluding hydrogens is 602 g/mol. The largest absolute Gasteiger partial charge is 0.453 e. The molecule has 0 bridgehead atoms. The Labute approximate surface area is 227 Å². The lowest BCUT2D eigenvalue weighted by Crippen LogP contribution is -2.36. The molecule has 0 N–H and O–H groups in total. The maximum atomic E-state index is 12.9. The van der Waals surface area contributed by atoms with Crippen LogP contribution in [-0.2, 0) is 9.47 Å². The summed E-state index contributed by atoms with van der Waals surface area (Å²) in [7, 11) is 0. The Kier molecular flexibility index (Phi) is 19.6. The van der Waals surface area contributed by atoms with Gasteiger partial charge >= 0.3 is 24.2 Å². The van der Waals surface area contributed by atoms with Gasteiger partial charge < -0.3 is 9.47 Å². The lowest BCUT2D eigenvalue weighted by molar-refractivity contribution is -0.284. The van der Waals surface area contributed by atoms with Crippen molar-refractivity contribution in [3.63, 3.8) is 0 Å². The van der Waals surface area contributed by atoms with E-state index < -0.39 is 43.3 Å². The summed E-state index contributed by atoms with van der Waals surface area (Å²) in [6, 6.07) is 0. The average molecular weight is 643 g/mol. The Balaban J connectivity index is 4.22. The first-order valence-electron chi connectivity index (χ1n) is 13.3. The number of hydrogen-bond acceptors (Lipinski definition) is 2. The highest BCUT2D eigenvalue weighted by Gasteiger charge is 2.57. The molecule has 0 aromatic rings. The van der Waals surface area contributed by atoms with Crippen molar-refractivity contribution in [2.24, 2.45) is 0 Å². The molecular formula is C25H41BrF10O2. The van der Waals surface area contributed by atoms with Crippen molar-refractivity contribution in [2.45, 2.75) is 140 Å². The van der Waals surface area contributed by atoms with Crippen LogP contribution in [0.2, 0.25) is 0 Å². The molecule has 38 heavy (non-hydrogen) atoms. The molecule has 0 atom stereocenters. The molecule has 0 aromatic carbocycles. The fourth-order valence-electron chi connectivity index (χ4n) is 3.65. The van der Waals surface area contributed by atoms with E-state index in [2.05, 4.69) is 15.9 Å². The second-order valence-electron chi connectivity index (χ2n) is 9.50. The van der Waals surface area contributed by atoms with Gasteiger partial charge in [0.15, 0.2) is 6.29 Å². The second kappa shape index (κ2) is 19.7. The first-order chi connectivity index (χ1) is 17.6. The van der Waals surface area contributed by atoms with Crippen LogP contribution in [0.15, 0.2) is 0 Å². The highest BCUT2D eigenvalue weighted by molar-refractivity contribution is 9.09. The molecule has 0 saturated heterocycles. The minimum Gasteiger partial charge on any atom is -0.353 e. The van der Waals surface area contributed by atoms with Crippen molar-refractivity contribution in [3.05, 3.63) is 0 Å². The van der Waals surface area contributed by atoms with Crippen LogP contribution in [-0.4, -0.2) is 49.0 Å². The molecule has 0 amide bonds. The third-order valence-corrected chi connectivity index (χ3v) is 6.59. The van der Waals surface area contributed by atoms with Gasteiger partial charge in [-0.2, -0.15) is 43.9 Å². The quantitative estimate of drug-likeness (QED) is 0.0451. The highest BCUT2D eigenvalue weighted by atomic mass is 79.9. The monoisotopic (exact) mass is 642 g/mol. The van der Waals surface area contributed by atoms with Crippen molar-refractivity contribution >= 4 is 15.9 Å². The lowest BCUT2D eigenvalue weighted by Gasteiger charge is -2.20. The van der Waals surface area contributed by atoms with Gasteiger partial charge in [0.25, 0.3) is 0 Å². The van der Waals surface area contributed by atoms with E-state index in [9.17, 15) is 43.9 Å². The zero-order chi connectivity index (χ0) is 29.1. The summed E-state index contributed by atoms with van der Waals surface area (Å²) < 4.78 is 136. The van der Waals surface area contributed by atoms with E-state index in [1.54, 1.807) is 0 Å². The molecule has 13 heteroatoms. The molecule has 0 fully saturated rings. The standard InChI is InChI=1S/C25H41BrF10O2/c26-18-12-6-2-1-3-9-15-21(37-19-13-7-4-10-16-22(27,28)24(31,32)33)38-20-14-8-5-11-17-23(29,30)25(34,35)36/h21H,1-20H2. The number of halogens is 11. The molecule has 0 aliphatic heterocycles. The summed E-state index contributed by atoms with van der Waals surface area (Å²) in [6.07, 6.45) is -5.56. The van der Waals surface area contributed by atoms with Gasteiger partial charge in [-0.25, -0.2) is 0 Å². The Bertz CT molecular complexity index is 531. The smallest absolute Gasteiger partial charge is 0.353 e. The zero-order valence-corrected chi connectivity index (χ0v) is 23.3. The van der Waals surface area contributed by atoms with Gasteiger partial charge in [0, 0.05) is 31.4 Å². The Morgan fingerprint density at radius 2 is 0.789 bits per heavy atom. The van der Waals surface area contributed by atoms with Crippen LogP contribution in [0, 0.1) is 0 Å². The molecule has 0 heterocycles. The molecule has 0 aliphatic carbocycles. The van der Waals surface area contributed by atoms with E-state index >= 15 is 0 Å². The number of alkyl halides is 11. The van der Waals surface area contributed by atoms with Gasteiger partial charge in [-0.15, -0.1) is 0 Å². The van der Waals surface area contributed by atoms with Crippen molar-refractivity contribution in [1.29, 1.82) is 0 Å². The lowest BCUT2D eigenvalue weighted by atomic mass is 10.1. The van der Waals surface area contributed by atoms with Crippen molar-refractivity contribution in [3.8, 4) is 0 Å². The summed E-state index contributed by atoms with van der Waals surface area (Å²) in [4.78, 5) is 0. The van der Waals surface area contributed by atoms with Crippen molar-refractivity contribution in [1.82, 2.24) is 0 Å². The topological polar surface area (TPSA) is 18.5 Å². The number of hydrogen-bond donors (Lipinski definition) is 0. The minimum absolute atomic E-state index is 0.211. The van der Waals surface area contributed by atoms with Gasteiger partial charge in [-0.05, 0) is 44.9 Å². The molecule has 0 aliphatic rings. The fraction of sp³-hybridized carbons (Fsp3) is 1.00. The predicted molar refractivity (Wildman–Crippen MR) is 130 cm³/mol. The summed E-state index contributed by atoms with van der Waals surface area (Å²) in [6.45, 7) is 0.496. The van der Waals surface area contributed by atoms with E-state index in [1.165, 1.54) is 0 Å². The van der Waals surface area contributed by atoms with Gasteiger partial charge in [0.1, 0.15) is 0 Å². The summed E-state index contributed by atoms with van der Waals surface area (Å²) in [5, 5.41) is 0.965. The van der Waals surface area contributed by atoms with Gasteiger partial charge in [0.05, 0.1) is 0 Å². The maximum absolute atomic E-state index is 12.9. The van der Waals surface area contributed by atoms with Crippen LogP contribution in [0.25, 0.3) is 0 Å². The molecule has 0 saturated carbocycles. The second-order valence-corrected chi connectivity index (χ2v) is 10.3. The summed E-state index contributed by atoms with van der Waals surface area (Å²) in [5.74, 6) is -9.37. The molecule has 0 aromatic heterocycles. The number of ether oxygens (including phenoxy) is 2. The first kappa shape index (κ1) is 37.7. The minimum atomic E-state index is -5.54. The Morgan fingerprint density at radius 1 is 0.447 bits per heavy atom. The van der Waals surface area contributed by atoms with E-state index in [1.807, 2.05) is 0 Å². The third kappa shape index (κ3) is 18.1. The Morgan fingerprint density at radius 3 is 1.18 bits per heavy atom. The van der Waals surface area contributed by atoms with Crippen LogP contribution in [0.4, 0.5) is 43.9 Å². The first-order valence-corrected chi connectivity index (χ1v) is 14.4. The maximum Gasteiger partial charge on any atom is 0.453 e. The third-order valence-electron chi connectivity index (χ3n) is 6.03. The molecule has 0 rings (SSSR count). The fourth-order valence-corrected chi connectivity index (χ4v) is 4.04. The van der Waals surface area contributed by atoms with E-state index in [-0.39, 0.29) is 38.9 Å². The van der Waals surface area contributed by atoms with Crippen LogP contribution in [0.3, 0.4) is 0 Å².